The second kappa shape index (κ2) is 3.56. The third-order valence-electron chi connectivity index (χ3n) is 2.48. The molecule has 1 aliphatic heterocycles. The van der Waals surface area contributed by atoms with Gasteiger partial charge in [0.2, 0.25) is 0 Å². The van der Waals surface area contributed by atoms with E-state index in [4.69, 9.17) is 5.73 Å². The molecule has 2 heterocycles. The van der Waals surface area contributed by atoms with Crippen LogP contribution >= 0.6 is 0 Å². The van der Waals surface area contributed by atoms with Gasteiger partial charge >= 0.3 is 0 Å². The van der Waals surface area contributed by atoms with E-state index >= 15 is 0 Å². The van der Waals surface area contributed by atoms with Crippen LogP contribution in [0.2, 0.25) is 0 Å². The predicted molar refractivity (Wildman–Crippen MR) is 53.1 cm³/mol. The van der Waals surface area contributed by atoms with Crippen molar-refractivity contribution in [3.8, 4) is 0 Å². The van der Waals surface area contributed by atoms with Gasteiger partial charge in [-0.25, -0.2) is 0 Å². The van der Waals surface area contributed by atoms with Gasteiger partial charge < -0.3 is 25.8 Å². The van der Waals surface area contributed by atoms with Gasteiger partial charge in [0.15, 0.2) is 0 Å². The summed E-state index contributed by atoms with van der Waals surface area (Å²) in [4.78, 5) is 15.9. The number of hydrogen-bond acceptors (Lipinski definition) is 4. The second-order valence-electron chi connectivity index (χ2n) is 3.69. The van der Waals surface area contributed by atoms with Gasteiger partial charge in [-0.3, -0.25) is 4.79 Å². The first kappa shape index (κ1) is 10.0. The number of aromatic nitrogens is 1. The number of nitrogens with two attached hydrogens (primary N) is 1. The molecule has 1 fully saturated rings. The first-order chi connectivity index (χ1) is 7.08. The zero-order chi connectivity index (χ0) is 11.0. The highest BCUT2D eigenvalue weighted by atomic mass is 16.3. The van der Waals surface area contributed by atoms with Gasteiger partial charge in [-0.15, -0.1) is 0 Å². The Bertz CT molecular complexity index is 366. The number of aromatic amines is 1. The minimum absolute atomic E-state index is 0.152. The normalized spacial score (nSPS) is 25.9. The highest BCUT2D eigenvalue weighted by Gasteiger charge is 2.33. The number of anilines is 1. The molecule has 1 aromatic rings. The van der Waals surface area contributed by atoms with Crippen LogP contribution in [0.25, 0.3) is 0 Å². The summed E-state index contributed by atoms with van der Waals surface area (Å²) in [6.45, 7) is 0.303. The molecule has 0 aliphatic carbocycles. The van der Waals surface area contributed by atoms with Crippen molar-refractivity contribution in [2.24, 2.45) is 0 Å². The largest absolute Gasteiger partial charge is 0.397 e. The molecule has 1 amide bonds. The maximum Gasteiger partial charge on any atom is 0.270 e. The number of amides is 1. The molecule has 1 aromatic heterocycles. The first-order valence-corrected chi connectivity index (χ1v) is 4.67. The van der Waals surface area contributed by atoms with Crippen molar-refractivity contribution in [3.63, 3.8) is 0 Å². The molecule has 2 unspecified atom stereocenters. The lowest BCUT2D eigenvalue weighted by Crippen LogP contribution is -2.30. The van der Waals surface area contributed by atoms with E-state index in [2.05, 4.69) is 4.98 Å². The third-order valence-corrected chi connectivity index (χ3v) is 2.48. The lowest BCUT2D eigenvalue weighted by molar-refractivity contribution is 0.0572. The average Bonchev–Trinajstić information content (AvgIpc) is 2.74. The van der Waals surface area contributed by atoms with Crippen LogP contribution in [0.5, 0.6) is 0 Å². The Labute approximate surface area is 86.3 Å². The summed E-state index contributed by atoms with van der Waals surface area (Å²) in [6.07, 6.45) is -0.196. The van der Waals surface area contributed by atoms with Crippen LogP contribution in [0.3, 0.4) is 0 Å². The number of H-pyrrole nitrogens is 1. The molecule has 5 N–H and O–H groups in total. The molecule has 0 bridgehead atoms. The molecule has 2 rings (SSSR count). The van der Waals surface area contributed by atoms with Crippen LogP contribution < -0.4 is 5.73 Å². The second-order valence-corrected chi connectivity index (χ2v) is 3.69. The summed E-state index contributed by atoms with van der Waals surface area (Å²) in [5, 5.41) is 18.6. The van der Waals surface area contributed by atoms with Crippen molar-refractivity contribution in [2.75, 3.05) is 18.8 Å². The van der Waals surface area contributed by atoms with Gasteiger partial charge in [-0.1, -0.05) is 0 Å². The number of rotatable bonds is 1. The Morgan fingerprint density at radius 2 is 2.07 bits per heavy atom. The number of aliphatic hydroxyl groups excluding tert-OH is 2. The van der Waals surface area contributed by atoms with Crippen LogP contribution in [0.15, 0.2) is 12.3 Å². The Balaban J connectivity index is 2.10. The van der Waals surface area contributed by atoms with Gasteiger partial charge in [0, 0.05) is 25.0 Å². The van der Waals surface area contributed by atoms with Crippen LogP contribution in [0.4, 0.5) is 5.69 Å². The number of carbonyl (C=O) groups is 1. The Hall–Kier alpha value is -1.53. The minimum atomic E-state index is -0.860. The molecule has 0 saturated carbocycles. The van der Waals surface area contributed by atoms with E-state index < -0.39 is 12.2 Å². The molecule has 0 spiro atoms. The lowest BCUT2D eigenvalue weighted by Gasteiger charge is -2.13. The molecule has 15 heavy (non-hydrogen) atoms. The van der Waals surface area contributed by atoms with Crippen LogP contribution in [0, 0.1) is 0 Å². The third kappa shape index (κ3) is 1.81. The van der Waals surface area contributed by atoms with Crippen molar-refractivity contribution in [3.05, 3.63) is 18.0 Å². The Morgan fingerprint density at radius 3 is 2.53 bits per heavy atom. The summed E-state index contributed by atoms with van der Waals surface area (Å²) >= 11 is 0. The smallest absolute Gasteiger partial charge is 0.270 e. The van der Waals surface area contributed by atoms with Gasteiger partial charge in [-0.05, 0) is 6.07 Å². The fraction of sp³-hybridized carbons (Fsp3) is 0.444. The molecule has 6 nitrogen and oxygen atoms in total. The minimum Gasteiger partial charge on any atom is -0.397 e. The fourth-order valence-corrected chi connectivity index (χ4v) is 1.64. The van der Waals surface area contributed by atoms with Crippen LogP contribution in [0.1, 0.15) is 10.5 Å². The molecular weight excluding hydrogens is 198 g/mol. The van der Waals surface area contributed by atoms with E-state index in [-0.39, 0.29) is 19.0 Å². The van der Waals surface area contributed by atoms with Crippen molar-refractivity contribution in [2.45, 2.75) is 12.2 Å². The maximum atomic E-state index is 11.8. The zero-order valence-corrected chi connectivity index (χ0v) is 8.05. The van der Waals surface area contributed by atoms with E-state index in [1.807, 2.05) is 0 Å². The van der Waals surface area contributed by atoms with Crippen molar-refractivity contribution in [1.29, 1.82) is 0 Å². The number of β-amino-alcohol motifs (C(OH)–C–C–N with tert-alkyl or cyclic N) is 2. The predicted octanol–water partition coefficient (Wildman–Crippen LogP) is -1.23. The molecule has 1 saturated heterocycles. The summed E-state index contributed by atoms with van der Waals surface area (Å²) in [6, 6.07) is 1.53. The molecular formula is C9H13N3O3. The van der Waals surface area contributed by atoms with Gasteiger partial charge in [0.1, 0.15) is 5.69 Å². The topological polar surface area (TPSA) is 103 Å². The SMILES string of the molecule is Nc1c[nH]c(C(=O)N2CC(O)C(O)C2)c1. The summed E-state index contributed by atoms with van der Waals surface area (Å²) in [5.41, 5.74) is 6.32. The number of likely N-dealkylation sites (tertiary alicyclic amines) is 1. The van der Waals surface area contributed by atoms with Crippen molar-refractivity contribution in [1.82, 2.24) is 9.88 Å². The average molecular weight is 211 g/mol. The quantitative estimate of drug-likeness (QED) is 0.467. The molecule has 1 aliphatic rings. The summed E-state index contributed by atoms with van der Waals surface area (Å²) in [5.74, 6) is -0.262. The molecule has 2 atom stereocenters. The van der Waals surface area contributed by atoms with E-state index in [0.717, 1.165) is 0 Å². The highest BCUT2D eigenvalue weighted by molar-refractivity contribution is 5.93. The maximum absolute atomic E-state index is 11.8. The zero-order valence-electron chi connectivity index (χ0n) is 8.05. The van der Waals surface area contributed by atoms with E-state index in [9.17, 15) is 15.0 Å². The highest BCUT2D eigenvalue weighted by Crippen LogP contribution is 2.14. The van der Waals surface area contributed by atoms with Crippen LogP contribution in [-0.2, 0) is 0 Å². The van der Waals surface area contributed by atoms with Gasteiger partial charge in [0.05, 0.1) is 12.2 Å². The summed E-state index contributed by atoms with van der Waals surface area (Å²) < 4.78 is 0. The Morgan fingerprint density at radius 1 is 1.47 bits per heavy atom. The van der Waals surface area contributed by atoms with Crippen molar-refractivity contribution < 1.29 is 15.0 Å². The lowest BCUT2D eigenvalue weighted by atomic mass is 10.3. The fourth-order valence-electron chi connectivity index (χ4n) is 1.64. The number of nitrogens with one attached hydrogen (secondary N) is 1. The van der Waals surface area contributed by atoms with Gasteiger partial charge in [-0.2, -0.15) is 0 Å². The molecule has 82 valence electrons. The van der Waals surface area contributed by atoms with Crippen LogP contribution in [-0.4, -0.2) is 51.3 Å². The number of carbonyl (C=O) groups excluding carboxylic acids is 1. The molecule has 0 radical (unpaired) electrons. The van der Waals surface area contributed by atoms with E-state index in [0.29, 0.717) is 11.4 Å². The number of nitrogens with zero attached hydrogens (tertiary/aromatic N) is 1. The standard InChI is InChI=1S/C9H13N3O3/c10-5-1-6(11-2-5)9(15)12-3-7(13)8(14)4-12/h1-2,7-8,11,13-14H,3-4,10H2. The number of aliphatic hydroxyl groups is 2. The van der Waals surface area contributed by atoms with Gasteiger partial charge in [0.25, 0.3) is 5.91 Å². The first-order valence-electron chi connectivity index (χ1n) is 4.67. The Kier molecular flexibility index (Phi) is 2.37. The summed E-state index contributed by atoms with van der Waals surface area (Å²) in [7, 11) is 0. The van der Waals surface area contributed by atoms with Crippen molar-refractivity contribution >= 4 is 11.6 Å². The number of nitrogen functional groups attached to an aromatic ring is 1. The number of hydrogen-bond donors (Lipinski definition) is 4. The molecule has 6 heteroatoms. The molecule has 0 aromatic carbocycles. The van der Waals surface area contributed by atoms with E-state index in [1.54, 1.807) is 0 Å². The monoisotopic (exact) mass is 211 g/mol. The van der Waals surface area contributed by atoms with E-state index in [1.165, 1.54) is 17.2 Å².